The lowest BCUT2D eigenvalue weighted by molar-refractivity contribution is 1.24. The van der Waals surface area contributed by atoms with Crippen molar-refractivity contribution in [3.05, 3.63) is 67.1 Å². The van der Waals surface area contributed by atoms with Crippen LogP contribution in [0.3, 0.4) is 0 Å². The van der Waals surface area contributed by atoms with Crippen LogP contribution in [0.2, 0.25) is 0 Å². The topological polar surface area (TPSA) is 16.1 Å². The van der Waals surface area contributed by atoms with Crippen molar-refractivity contribution in [3.63, 3.8) is 0 Å². The fraction of sp³-hybridized carbons (Fsp3) is 0.0714. The molecule has 0 amide bonds. The Morgan fingerprint density at radius 1 is 1.00 bits per heavy atom. The molecule has 0 aliphatic carbocycles. The number of hydrogen-bond donors (Lipinski definition) is 0. The highest BCUT2D eigenvalue weighted by molar-refractivity contribution is 5.65. The number of aromatic nitrogens is 1. The molecule has 2 rings (SSSR count). The molecule has 0 saturated carbocycles. The largest absolute Gasteiger partial charge is 0.318 e. The van der Waals surface area contributed by atoms with E-state index >= 15 is 0 Å². The molecule has 0 N–H and O–H groups in total. The Morgan fingerprint density at radius 2 is 1.56 bits per heavy atom. The normalized spacial score (nSPS) is 9.81. The highest BCUT2D eigenvalue weighted by Crippen LogP contribution is 2.24. The van der Waals surface area contributed by atoms with Crippen LogP contribution in [0.15, 0.2) is 61.6 Å². The van der Waals surface area contributed by atoms with Crippen LogP contribution in [-0.4, -0.2) is 4.98 Å². The minimum atomic E-state index is 1.06. The smallest absolute Gasteiger partial charge is 0.0485 e. The molecule has 0 fully saturated rings. The van der Waals surface area contributed by atoms with E-state index in [0.717, 1.165) is 11.4 Å². The van der Waals surface area contributed by atoms with Crippen molar-refractivity contribution in [2.24, 2.45) is 0 Å². The van der Waals surface area contributed by atoms with E-state index in [2.05, 4.69) is 42.8 Å². The summed E-state index contributed by atoms with van der Waals surface area (Å²) >= 11 is 0. The molecule has 16 heavy (non-hydrogen) atoms. The van der Waals surface area contributed by atoms with Crippen molar-refractivity contribution in [1.29, 1.82) is 0 Å². The summed E-state index contributed by atoms with van der Waals surface area (Å²) in [5.74, 6) is 0. The molecule has 2 nitrogen and oxygen atoms in total. The van der Waals surface area contributed by atoms with Gasteiger partial charge in [0.05, 0.1) is 0 Å². The number of rotatable bonds is 3. The number of benzene rings is 1. The van der Waals surface area contributed by atoms with Gasteiger partial charge < -0.3 is 4.90 Å². The fourth-order valence-corrected chi connectivity index (χ4v) is 1.57. The number of hydrogen-bond acceptors (Lipinski definition) is 2. The van der Waals surface area contributed by atoms with Crippen LogP contribution in [0.4, 0.5) is 11.4 Å². The molecule has 0 aliphatic rings. The van der Waals surface area contributed by atoms with Crippen molar-refractivity contribution in [3.8, 4) is 0 Å². The summed E-state index contributed by atoms with van der Waals surface area (Å²) in [6, 6.07) is 12.3. The van der Waals surface area contributed by atoms with E-state index in [4.69, 9.17) is 0 Å². The first-order chi connectivity index (χ1) is 7.81. The van der Waals surface area contributed by atoms with Crippen molar-refractivity contribution < 1.29 is 0 Å². The summed E-state index contributed by atoms with van der Waals surface area (Å²) in [5.41, 5.74) is 3.42. The molecule has 0 saturated heterocycles. The van der Waals surface area contributed by atoms with Gasteiger partial charge in [-0.1, -0.05) is 24.3 Å². The van der Waals surface area contributed by atoms with Gasteiger partial charge in [-0.3, -0.25) is 4.98 Å². The number of nitrogens with zero attached hydrogens (tertiary/aromatic N) is 2. The number of anilines is 2. The number of pyridine rings is 1. The van der Waals surface area contributed by atoms with Crippen LogP contribution in [0.25, 0.3) is 0 Å². The molecule has 2 aromatic rings. The van der Waals surface area contributed by atoms with Gasteiger partial charge in [0.25, 0.3) is 0 Å². The van der Waals surface area contributed by atoms with E-state index in [1.165, 1.54) is 5.56 Å². The van der Waals surface area contributed by atoms with Gasteiger partial charge in [-0.15, -0.1) is 0 Å². The molecule has 1 heterocycles. The Morgan fingerprint density at radius 3 is 2.12 bits per heavy atom. The average molecular weight is 210 g/mol. The Balaban J connectivity index is 2.37. The monoisotopic (exact) mass is 210 g/mol. The summed E-state index contributed by atoms with van der Waals surface area (Å²) in [6.07, 6.45) is 5.36. The van der Waals surface area contributed by atoms with E-state index in [9.17, 15) is 0 Å². The molecule has 0 unspecified atom stereocenters. The highest BCUT2D eigenvalue weighted by Gasteiger charge is 2.04. The Labute approximate surface area is 95.9 Å². The maximum absolute atomic E-state index is 4.01. The quantitative estimate of drug-likeness (QED) is 0.768. The molecule has 1 aromatic heterocycles. The van der Waals surface area contributed by atoms with Crippen LogP contribution >= 0.6 is 0 Å². The van der Waals surface area contributed by atoms with Gasteiger partial charge in [-0.25, -0.2) is 0 Å². The summed E-state index contributed by atoms with van der Waals surface area (Å²) in [7, 11) is 0. The Bertz CT molecular complexity index is 460. The van der Waals surface area contributed by atoms with E-state index in [-0.39, 0.29) is 0 Å². The standard InChI is InChI=1S/C14H14N2/c1-3-16(14-8-10-15-11-9-14)13-6-4-12(2)5-7-13/h3-11H,1H2,2H3. The fourth-order valence-electron chi connectivity index (χ4n) is 1.57. The molecule has 1 aromatic carbocycles. The van der Waals surface area contributed by atoms with Gasteiger partial charge in [-0.2, -0.15) is 0 Å². The molecule has 0 atom stereocenters. The molecular formula is C14H14N2. The van der Waals surface area contributed by atoms with Gasteiger partial charge in [0.1, 0.15) is 0 Å². The molecule has 0 spiro atoms. The van der Waals surface area contributed by atoms with Gasteiger partial charge >= 0.3 is 0 Å². The van der Waals surface area contributed by atoms with Crippen molar-refractivity contribution in [2.45, 2.75) is 6.92 Å². The van der Waals surface area contributed by atoms with E-state index in [1.54, 1.807) is 18.6 Å². The first-order valence-electron chi connectivity index (χ1n) is 5.20. The van der Waals surface area contributed by atoms with Crippen LogP contribution in [0.1, 0.15) is 5.56 Å². The van der Waals surface area contributed by atoms with Crippen LogP contribution < -0.4 is 4.90 Å². The van der Waals surface area contributed by atoms with Crippen LogP contribution in [0.5, 0.6) is 0 Å². The second kappa shape index (κ2) is 4.62. The minimum absolute atomic E-state index is 1.06. The second-order valence-electron chi connectivity index (χ2n) is 3.59. The van der Waals surface area contributed by atoms with Crippen molar-refractivity contribution in [2.75, 3.05) is 4.90 Å². The zero-order valence-corrected chi connectivity index (χ0v) is 9.30. The molecule has 0 bridgehead atoms. The van der Waals surface area contributed by atoms with Crippen molar-refractivity contribution >= 4 is 11.4 Å². The third-order valence-electron chi connectivity index (χ3n) is 2.44. The maximum atomic E-state index is 4.01. The maximum Gasteiger partial charge on any atom is 0.0485 e. The molecular weight excluding hydrogens is 196 g/mol. The Hall–Kier alpha value is -2.09. The lowest BCUT2D eigenvalue weighted by Crippen LogP contribution is -2.07. The van der Waals surface area contributed by atoms with E-state index in [0.29, 0.717) is 0 Å². The van der Waals surface area contributed by atoms with Gasteiger partial charge in [-0.05, 0) is 31.2 Å². The Kier molecular flexibility index (Phi) is 3.01. The van der Waals surface area contributed by atoms with Crippen molar-refractivity contribution in [1.82, 2.24) is 4.98 Å². The summed E-state index contributed by atoms with van der Waals surface area (Å²) in [5, 5.41) is 0. The second-order valence-corrected chi connectivity index (χ2v) is 3.59. The third-order valence-corrected chi connectivity index (χ3v) is 2.44. The van der Waals surface area contributed by atoms with E-state index in [1.807, 2.05) is 17.0 Å². The number of aryl methyl sites for hydroxylation is 1. The SMILES string of the molecule is C=CN(c1ccncc1)c1ccc(C)cc1. The minimum Gasteiger partial charge on any atom is -0.318 e. The van der Waals surface area contributed by atoms with Gasteiger partial charge in [0, 0.05) is 30.0 Å². The van der Waals surface area contributed by atoms with Crippen LogP contribution in [-0.2, 0) is 0 Å². The van der Waals surface area contributed by atoms with Gasteiger partial charge in [0.15, 0.2) is 0 Å². The first-order valence-corrected chi connectivity index (χ1v) is 5.20. The predicted molar refractivity (Wildman–Crippen MR) is 67.8 cm³/mol. The summed E-state index contributed by atoms with van der Waals surface area (Å²) in [4.78, 5) is 6.04. The summed E-state index contributed by atoms with van der Waals surface area (Å²) in [6.45, 7) is 5.92. The lowest BCUT2D eigenvalue weighted by atomic mass is 10.2. The third kappa shape index (κ3) is 2.11. The van der Waals surface area contributed by atoms with E-state index < -0.39 is 0 Å². The molecule has 0 radical (unpaired) electrons. The predicted octanol–water partition coefficient (Wildman–Crippen LogP) is 3.67. The molecule has 2 heteroatoms. The average Bonchev–Trinajstić information content (AvgIpc) is 2.34. The van der Waals surface area contributed by atoms with Crippen LogP contribution in [0, 0.1) is 6.92 Å². The lowest BCUT2D eigenvalue weighted by Gasteiger charge is -2.20. The zero-order valence-electron chi connectivity index (χ0n) is 9.30. The zero-order chi connectivity index (χ0) is 11.4. The summed E-state index contributed by atoms with van der Waals surface area (Å²) < 4.78 is 0. The molecule has 0 aliphatic heterocycles. The van der Waals surface area contributed by atoms with Gasteiger partial charge in [0.2, 0.25) is 0 Å². The molecule has 80 valence electrons. The highest BCUT2D eigenvalue weighted by atomic mass is 15.1. The first kappa shape index (κ1) is 10.4.